The van der Waals surface area contributed by atoms with Crippen LogP contribution in [0.2, 0.25) is 0 Å². The van der Waals surface area contributed by atoms with Crippen LogP contribution in [0.5, 0.6) is 0 Å². The monoisotopic (exact) mass is 462 g/mol. The minimum Gasteiger partial charge on any atom is -0.322 e. The van der Waals surface area contributed by atoms with Gasteiger partial charge in [-0.05, 0) is 44.1 Å². The highest BCUT2D eigenvalue weighted by atomic mass is 32.2. The number of aromatic nitrogens is 1. The topological polar surface area (TPSA) is 42.0 Å². The van der Waals surface area contributed by atoms with Crippen LogP contribution < -0.4 is 5.32 Å². The Morgan fingerprint density at radius 3 is 2.40 bits per heavy atom. The highest BCUT2D eigenvalue weighted by Gasteiger charge is 2.22. The Labute approximate surface area is 195 Å². The number of nitrogens with zero attached hydrogens (tertiary/aromatic N) is 1. The van der Waals surface area contributed by atoms with Crippen LogP contribution in [-0.2, 0) is 4.79 Å². The molecule has 2 rings (SSSR count). The molecular weight excluding hydrogens is 428 g/mol. The summed E-state index contributed by atoms with van der Waals surface area (Å²) in [5, 5.41) is 4.00. The molecule has 0 radical (unpaired) electrons. The van der Waals surface area contributed by atoms with Crippen LogP contribution >= 0.6 is 35.3 Å². The van der Waals surface area contributed by atoms with Gasteiger partial charge in [0.1, 0.15) is 5.03 Å². The molecule has 0 saturated carbocycles. The second kappa shape index (κ2) is 14.0. The molecule has 0 saturated heterocycles. The first kappa shape index (κ1) is 25.2. The van der Waals surface area contributed by atoms with E-state index in [0.29, 0.717) is 0 Å². The number of benzene rings is 1. The lowest BCUT2D eigenvalue weighted by Gasteiger charge is -2.19. The third-order valence-electron chi connectivity index (χ3n) is 4.87. The Morgan fingerprint density at radius 2 is 1.73 bits per heavy atom. The number of unbranched alkanes of at least 4 members (excludes halogenated alkanes) is 5. The maximum absolute atomic E-state index is 13.3. The van der Waals surface area contributed by atoms with E-state index in [-0.39, 0.29) is 11.2 Å². The smallest absolute Gasteiger partial charge is 0.237 e. The first-order valence-corrected chi connectivity index (χ1v) is 14.0. The molecular formula is C24H34N2OS3. The normalized spacial score (nSPS) is 12.0. The first-order chi connectivity index (χ1) is 14.6. The third-order valence-corrected chi connectivity index (χ3v) is 7.60. The van der Waals surface area contributed by atoms with Crippen LogP contribution in [0.4, 0.5) is 5.69 Å². The Hall–Kier alpha value is -1.11. The zero-order chi connectivity index (χ0) is 21.8. The predicted octanol–water partition coefficient (Wildman–Crippen LogP) is 7.68. The maximum Gasteiger partial charge on any atom is 0.237 e. The van der Waals surface area contributed by atoms with Gasteiger partial charge in [-0.25, -0.2) is 4.98 Å². The molecule has 0 bridgehead atoms. The fourth-order valence-corrected chi connectivity index (χ4v) is 5.66. The Bertz CT molecular complexity index is 758. The van der Waals surface area contributed by atoms with Gasteiger partial charge in [-0.2, -0.15) is 0 Å². The summed E-state index contributed by atoms with van der Waals surface area (Å²) in [6.07, 6.45) is 12.3. The van der Waals surface area contributed by atoms with Gasteiger partial charge in [0.05, 0.1) is 10.9 Å². The summed E-state index contributed by atoms with van der Waals surface area (Å²) in [6, 6.07) is 12.3. The van der Waals surface area contributed by atoms with Crippen molar-refractivity contribution in [2.45, 2.75) is 78.9 Å². The van der Waals surface area contributed by atoms with Crippen molar-refractivity contribution in [3.63, 3.8) is 0 Å². The first-order valence-electron chi connectivity index (χ1n) is 10.7. The van der Waals surface area contributed by atoms with Crippen molar-refractivity contribution >= 4 is 46.9 Å². The number of aryl methyl sites for hydroxylation is 1. The number of carbonyl (C=O) groups excluding carboxylic acids is 1. The minimum atomic E-state index is -0.107. The summed E-state index contributed by atoms with van der Waals surface area (Å²) in [7, 11) is 0. The van der Waals surface area contributed by atoms with Gasteiger partial charge in [-0.1, -0.05) is 63.6 Å². The van der Waals surface area contributed by atoms with E-state index in [4.69, 9.17) is 0 Å². The van der Waals surface area contributed by atoms with Gasteiger partial charge in [0, 0.05) is 15.5 Å². The molecule has 0 aliphatic heterocycles. The summed E-state index contributed by atoms with van der Waals surface area (Å²) < 4.78 is 0. The number of thioether (sulfide) groups is 3. The highest BCUT2D eigenvalue weighted by molar-refractivity contribution is 8.00. The molecule has 0 aliphatic rings. The summed E-state index contributed by atoms with van der Waals surface area (Å²) in [4.78, 5) is 20.2. The number of nitrogens with one attached hydrogen (secondary N) is 1. The van der Waals surface area contributed by atoms with Gasteiger partial charge >= 0.3 is 0 Å². The van der Waals surface area contributed by atoms with E-state index in [1.165, 1.54) is 32.1 Å². The minimum absolute atomic E-state index is 0.0775. The average Bonchev–Trinajstić information content (AvgIpc) is 2.76. The Balaban J connectivity index is 2.11. The fraction of sp³-hybridized carbons (Fsp3) is 0.500. The van der Waals surface area contributed by atoms with Crippen molar-refractivity contribution in [2.24, 2.45) is 0 Å². The lowest BCUT2D eigenvalue weighted by Crippen LogP contribution is -2.26. The quantitative estimate of drug-likeness (QED) is 0.244. The predicted molar refractivity (Wildman–Crippen MR) is 135 cm³/mol. The van der Waals surface area contributed by atoms with E-state index >= 15 is 0 Å². The fourth-order valence-electron chi connectivity index (χ4n) is 3.26. The molecule has 3 nitrogen and oxygen atoms in total. The molecule has 164 valence electrons. The molecule has 30 heavy (non-hydrogen) atoms. The molecule has 1 atom stereocenters. The molecule has 0 fully saturated rings. The summed E-state index contributed by atoms with van der Waals surface area (Å²) in [6.45, 7) is 4.24. The molecule has 2 aromatic rings. The zero-order valence-electron chi connectivity index (χ0n) is 18.6. The number of pyridine rings is 1. The number of carbonyl (C=O) groups is 1. The second-order valence-corrected chi connectivity index (χ2v) is 10.2. The standard InChI is InChI=1S/C24H34N2OS3/c1-5-6-7-8-9-13-16-20(30-19-14-11-10-12-15-19)23(27)26-22-21(28-3)17-18(2)25-24(22)29-4/h10-12,14-15,17,20H,5-9,13,16H2,1-4H3,(H,26,27)/t20-/m0/s1. The molecule has 0 aliphatic carbocycles. The third kappa shape index (κ3) is 8.20. The largest absolute Gasteiger partial charge is 0.322 e. The highest BCUT2D eigenvalue weighted by Crippen LogP contribution is 2.35. The summed E-state index contributed by atoms with van der Waals surface area (Å²) in [5.74, 6) is 0.0775. The van der Waals surface area contributed by atoms with E-state index in [0.717, 1.165) is 39.0 Å². The Morgan fingerprint density at radius 1 is 1.03 bits per heavy atom. The summed E-state index contributed by atoms with van der Waals surface area (Å²) in [5.41, 5.74) is 1.83. The number of hydrogen-bond acceptors (Lipinski definition) is 5. The number of hydrogen-bond donors (Lipinski definition) is 1. The van der Waals surface area contributed by atoms with Crippen LogP contribution in [0.1, 0.15) is 57.6 Å². The van der Waals surface area contributed by atoms with Gasteiger partial charge in [0.15, 0.2) is 0 Å². The van der Waals surface area contributed by atoms with Crippen molar-refractivity contribution in [2.75, 3.05) is 17.8 Å². The van der Waals surface area contributed by atoms with Crippen molar-refractivity contribution in [3.05, 3.63) is 42.1 Å². The van der Waals surface area contributed by atoms with Gasteiger partial charge in [0.25, 0.3) is 0 Å². The van der Waals surface area contributed by atoms with E-state index in [9.17, 15) is 4.79 Å². The molecule has 1 amide bonds. The molecule has 0 unspecified atom stereocenters. The van der Waals surface area contributed by atoms with Crippen molar-refractivity contribution < 1.29 is 4.79 Å². The molecule has 6 heteroatoms. The van der Waals surface area contributed by atoms with E-state index in [1.807, 2.05) is 43.7 Å². The van der Waals surface area contributed by atoms with E-state index in [2.05, 4.69) is 29.4 Å². The van der Waals surface area contributed by atoms with Crippen LogP contribution in [0, 0.1) is 6.92 Å². The lowest BCUT2D eigenvalue weighted by molar-refractivity contribution is -0.115. The molecule has 0 spiro atoms. The number of anilines is 1. The number of rotatable bonds is 13. The molecule has 1 aromatic carbocycles. The van der Waals surface area contributed by atoms with E-state index < -0.39 is 0 Å². The van der Waals surface area contributed by atoms with Crippen LogP contribution in [0.3, 0.4) is 0 Å². The molecule has 1 N–H and O–H groups in total. The van der Waals surface area contributed by atoms with Crippen molar-refractivity contribution in [1.82, 2.24) is 4.98 Å². The maximum atomic E-state index is 13.3. The van der Waals surface area contributed by atoms with Gasteiger partial charge in [-0.3, -0.25) is 4.79 Å². The zero-order valence-corrected chi connectivity index (χ0v) is 21.0. The lowest BCUT2D eigenvalue weighted by atomic mass is 10.1. The average molecular weight is 463 g/mol. The summed E-state index contributed by atoms with van der Waals surface area (Å²) >= 11 is 4.90. The van der Waals surface area contributed by atoms with E-state index in [1.54, 1.807) is 35.3 Å². The van der Waals surface area contributed by atoms with Gasteiger partial charge in [-0.15, -0.1) is 35.3 Å². The van der Waals surface area contributed by atoms with Crippen LogP contribution in [-0.4, -0.2) is 28.7 Å². The van der Waals surface area contributed by atoms with Gasteiger partial charge < -0.3 is 5.32 Å². The van der Waals surface area contributed by atoms with Crippen LogP contribution in [0.15, 0.2) is 51.2 Å². The van der Waals surface area contributed by atoms with Crippen molar-refractivity contribution in [1.29, 1.82) is 0 Å². The SMILES string of the molecule is CCCCCCCC[C@H](Sc1ccccc1)C(=O)Nc1c(SC)cc(C)nc1SC. The van der Waals surface area contributed by atoms with Crippen LogP contribution in [0.25, 0.3) is 0 Å². The number of amides is 1. The van der Waals surface area contributed by atoms with Crippen molar-refractivity contribution in [3.8, 4) is 0 Å². The second-order valence-electron chi connectivity index (χ2n) is 7.32. The van der Waals surface area contributed by atoms with Gasteiger partial charge in [0.2, 0.25) is 5.91 Å². The molecule has 1 heterocycles. The molecule has 1 aromatic heterocycles. The Kier molecular flexibility index (Phi) is 11.8.